The average molecular weight is 505 g/mol. The maximum absolute atomic E-state index is 13.7. The van der Waals surface area contributed by atoms with Gasteiger partial charge in [-0.25, -0.2) is 4.39 Å². The lowest BCUT2D eigenvalue weighted by molar-refractivity contribution is -0.143. The molecule has 0 aliphatic rings. The van der Waals surface area contributed by atoms with Crippen LogP contribution in [0, 0.1) is 12.7 Å². The number of hydrogen-bond acceptors (Lipinski definition) is 6. The third-order valence-electron chi connectivity index (χ3n) is 5.51. The molecular formula is C27H29FN6O3. The Bertz CT molecular complexity index is 1340. The summed E-state index contributed by atoms with van der Waals surface area (Å²) in [6.45, 7) is 7.25. The van der Waals surface area contributed by atoms with Crippen LogP contribution in [0.2, 0.25) is 0 Å². The second-order valence-corrected chi connectivity index (χ2v) is 9.80. The maximum Gasteiger partial charge on any atom is 0.247 e. The molecule has 2 aromatic carbocycles. The molecule has 37 heavy (non-hydrogen) atoms. The highest BCUT2D eigenvalue weighted by Gasteiger charge is 2.34. The monoisotopic (exact) mass is 504 g/mol. The van der Waals surface area contributed by atoms with Gasteiger partial charge in [0.05, 0.1) is 12.8 Å². The van der Waals surface area contributed by atoms with Gasteiger partial charge in [-0.15, -0.1) is 10.2 Å². The summed E-state index contributed by atoms with van der Waals surface area (Å²) >= 11 is 0. The zero-order valence-corrected chi connectivity index (χ0v) is 21.2. The summed E-state index contributed by atoms with van der Waals surface area (Å²) in [5, 5.41) is 15.4. The third-order valence-corrected chi connectivity index (χ3v) is 5.51. The smallest absolute Gasteiger partial charge is 0.247 e. The number of nitrogens with zero attached hydrogens (tertiary/aromatic N) is 5. The van der Waals surface area contributed by atoms with E-state index in [1.54, 1.807) is 12.1 Å². The molecule has 0 aliphatic carbocycles. The van der Waals surface area contributed by atoms with E-state index >= 15 is 0 Å². The van der Waals surface area contributed by atoms with Crippen molar-refractivity contribution in [2.24, 2.45) is 0 Å². The number of carbonyl (C=O) groups is 2. The van der Waals surface area contributed by atoms with E-state index in [0.29, 0.717) is 17.1 Å². The van der Waals surface area contributed by atoms with E-state index in [0.717, 1.165) is 11.1 Å². The number of hydrogen-bond donors (Lipinski definition) is 1. The summed E-state index contributed by atoms with van der Waals surface area (Å²) in [6.07, 6.45) is 1.49. The number of halogens is 1. The van der Waals surface area contributed by atoms with Crippen molar-refractivity contribution in [1.82, 2.24) is 30.4 Å². The minimum absolute atomic E-state index is 0.00492. The Morgan fingerprint density at radius 2 is 1.78 bits per heavy atom. The van der Waals surface area contributed by atoms with Gasteiger partial charge >= 0.3 is 0 Å². The third kappa shape index (κ3) is 6.66. The van der Waals surface area contributed by atoms with Crippen molar-refractivity contribution in [2.45, 2.75) is 52.4 Å². The van der Waals surface area contributed by atoms with Crippen molar-refractivity contribution in [3.05, 3.63) is 89.6 Å². The maximum atomic E-state index is 13.7. The zero-order chi connectivity index (χ0) is 26.6. The molecule has 2 aromatic heterocycles. The zero-order valence-electron chi connectivity index (χ0n) is 21.2. The molecular weight excluding hydrogens is 475 g/mol. The molecule has 4 aromatic rings. The Balaban J connectivity index is 1.66. The van der Waals surface area contributed by atoms with Gasteiger partial charge in [0.15, 0.2) is 0 Å². The number of benzene rings is 2. The standard InChI is InChI=1S/C27H29FN6O3/c1-18-7-9-20(10-8-18)25-30-32-34(31-25)17-23(35)33(16-22-6-5-15-37-22)24(26(36)29-27(2,3)4)19-11-13-21(28)14-12-19/h5-15,24H,16-17H2,1-4H3,(H,29,36). The minimum atomic E-state index is -1.06. The Hall–Kier alpha value is -4.34. The quantitative estimate of drug-likeness (QED) is 0.388. The van der Waals surface area contributed by atoms with Gasteiger partial charge in [-0.3, -0.25) is 9.59 Å². The fourth-order valence-corrected chi connectivity index (χ4v) is 3.79. The Labute approximate surface area is 214 Å². The van der Waals surface area contributed by atoms with Gasteiger partial charge in [0, 0.05) is 11.1 Å². The van der Waals surface area contributed by atoms with Gasteiger partial charge in [0.1, 0.15) is 24.2 Å². The van der Waals surface area contributed by atoms with Crippen molar-refractivity contribution in [3.63, 3.8) is 0 Å². The highest BCUT2D eigenvalue weighted by Crippen LogP contribution is 2.26. The minimum Gasteiger partial charge on any atom is -0.467 e. The van der Waals surface area contributed by atoms with Gasteiger partial charge < -0.3 is 14.6 Å². The molecule has 0 fully saturated rings. The number of aromatic nitrogens is 4. The molecule has 1 atom stereocenters. The lowest BCUT2D eigenvalue weighted by atomic mass is 10.0. The highest BCUT2D eigenvalue weighted by atomic mass is 19.1. The number of rotatable bonds is 8. The largest absolute Gasteiger partial charge is 0.467 e. The topological polar surface area (TPSA) is 106 Å². The molecule has 2 heterocycles. The summed E-state index contributed by atoms with van der Waals surface area (Å²) < 4.78 is 19.2. The van der Waals surface area contributed by atoms with Crippen LogP contribution in [0.1, 0.15) is 43.7 Å². The number of furan rings is 1. The van der Waals surface area contributed by atoms with Crippen LogP contribution in [0.4, 0.5) is 4.39 Å². The fourth-order valence-electron chi connectivity index (χ4n) is 3.79. The molecule has 9 nitrogen and oxygen atoms in total. The molecule has 0 saturated heterocycles. The van der Waals surface area contributed by atoms with Crippen LogP contribution in [0.5, 0.6) is 0 Å². The first kappa shape index (κ1) is 25.7. The SMILES string of the molecule is Cc1ccc(-c2nnn(CC(=O)N(Cc3ccco3)C(C(=O)NC(C)(C)C)c3ccc(F)cc3)n2)cc1. The first-order valence-electron chi connectivity index (χ1n) is 11.8. The normalized spacial score (nSPS) is 12.2. The van der Waals surface area contributed by atoms with Gasteiger partial charge in [-0.2, -0.15) is 4.80 Å². The molecule has 0 spiro atoms. The van der Waals surface area contributed by atoms with Gasteiger partial charge in [0.25, 0.3) is 0 Å². The van der Waals surface area contributed by atoms with Gasteiger partial charge in [-0.1, -0.05) is 42.0 Å². The van der Waals surface area contributed by atoms with E-state index in [9.17, 15) is 14.0 Å². The summed E-state index contributed by atoms with van der Waals surface area (Å²) in [5.41, 5.74) is 1.76. The molecule has 0 radical (unpaired) electrons. The predicted octanol–water partition coefficient (Wildman–Crippen LogP) is 4.07. The molecule has 2 amide bonds. The van der Waals surface area contributed by atoms with E-state index in [2.05, 4.69) is 20.7 Å². The summed E-state index contributed by atoms with van der Waals surface area (Å²) in [4.78, 5) is 29.8. The van der Waals surface area contributed by atoms with E-state index < -0.39 is 29.2 Å². The summed E-state index contributed by atoms with van der Waals surface area (Å²) in [6, 6.07) is 15.5. The second kappa shape index (κ2) is 10.7. The number of nitrogens with one attached hydrogen (secondary N) is 1. The van der Waals surface area contributed by atoms with Crippen LogP contribution in [0.25, 0.3) is 11.4 Å². The highest BCUT2D eigenvalue weighted by molar-refractivity contribution is 5.89. The Morgan fingerprint density at radius 1 is 1.08 bits per heavy atom. The first-order valence-corrected chi connectivity index (χ1v) is 11.8. The lowest BCUT2D eigenvalue weighted by Crippen LogP contribution is -2.49. The van der Waals surface area contributed by atoms with Crippen LogP contribution >= 0.6 is 0 Å². The fraction of sp³-hybridized carbons (Fsp3) is 0.296. The molecule has 1 N–H and O–H groups in total. The molecule has 0 saturated carbocycles. The lowest BCUT2D eigenvalue weighted by Gasteiger charge is -2.33. The van der Waals surface area contributed by atoms with Crippen molar-refractivity contribution >= 4 is 11.8 Å². The number of aryl methyl sites for hydroxylation is 1. The van der Waals surface area contributed by atoms with Crippen molar-refractivity contribution in [1.29, 1.82) is 0 Å². The number of tetrazole rings is 1. The van der Waals surface area contributed by atoms with E-state index in [-0.39, 0.29) is 13.1 Å². The van der Waals surface area contributed by atoms with Gasteiger partial charge in [0.2, 0.25) is 17.6 Å². The number of carbonyl (C=O) groups excluding carboxylic acids is 2. The molecule has 0 aliphatic heterocycles. The summed E-state index contributed by atoms with van der Waals surface area (Å²) in [5.74, 6) is -0.437. The molecule has 10 heteroatoms. The second-order valence-electron chi connectivity index (χ2n) is 9.80. The van der Waals surface area contributed by atoms with Crippen LogP contribution < -0.4 is 5.32 Å². The number of amides is 2. The first-order chi connectivity index (χ1) is 17.6. The van der Waals surface area contributed by atoms with Crippen molar-refractivity contribution in [3.8, 4) is 11.4 Å². The van der Waals surface area contributed by atoms with Crippen LogP contribution in [0.15, 0.2) is 71.3 Å². The van der Waals surface area contributed by atoms with E-state index in [4.69, 9.17) is 4.42 Å². The predicted molar refractivity (Wildman–Crippen MR) is 134 cm³/mol. The van der Waals surface area contributed by atoms with E-state index in [1.807, 2.05) is 52.0 Å². The van der Waals surface area contributed by atoms with E-state index in [1.165, 1.54) is 40.2 Å². The van der Waals surface area contributed by atoms with Crippen molar-refractivity contribution < 1.29 is 18.4 Å². The molecule has 0 bridgehead atoms. The Kier molecular flexibility index (Phi) is 7.47. The average Bonchev–Trinajstić information content (AvgIpc) is 3.51. The molecule has 1 unspecified atom stereocenters. The van der Waals surface area contributed by atoms with Crippen LogP contribution in [-0.2, 0) is 22.7 Å². The van der Waals surface area contributed by atoms with Crippen LogP contribution in [0.3, 0.4) is 0 Å². The van der Waals surface area contributed by atoms with Crippen LogP contribution in [-0.4, -0.2) is 42.5 Å². The molecule has 192 valence electrons. The molecule has 4 rings (SSSR count). The Morgan fingerprint density at radius 3 is 2.41 bits per heavy atom. The summed E-state index contributed by atoms with van der Waals surface area (Å²) in [7, 11) is 0. The van der Waals surface area contributed by atoms with Gasteiger partial charge in [-0.05, 0) is 62.7 Å². The van der Waals surface area contributed by atoms with Crippen molar-refractivity contribution in [2.75, 3.05) is 0 Å².